The summed E-state index contributed by atoms with van der Waals surface area (Å²) in [5, 5.41) is 2.94. The lowest BCUT2D eigenvalue weighted by atomic mass is 10.1. The number of hydrogen-bond acceptors (Lipinski definition) is 3. The van der Waals surface area contributed by atoms with Crippen LogP contribution in [0.2, 0.25) is 0 Å². The number of nitrogens with one attached hydrogen (secondary N) is 1. The van der Waals surface area contributed by atoms with Gasteiger partial charge in [-0.1, -0.05) is 36.4 Å². The van der Waals surface area contributed by atoms with E-state index >= 15 is 0 Å². The van der Waals surface area contributed by atoms with E-state index in [1.165, 1.54) is 5.56 Å². The first-order valence-electron chi connectivity index (χ1n) is 8.92. The van der Waals surface area contributed by atoms with Gasteiger partial charge < -0.3 is 15.0 Å². The molecule has 1 saturated heterocycles. The maximum Gasteiger partial charge on any atom is 0.317 e. The lowest BCUT2D eigenvalue weighted by Gasteiger charge is -2.35. The molecule has 25 heavy (non-hydrogen) atoms. The molecule has 1 aliphatic heterocycles. The smallest absolute Gasteiger partial charge is 0.317 e. The Kier molecular flexibility index (Phi) is 7.02. The second kappa shape index (κ2) is 9.02. The summed E-state index contributed by atoms with van der Waals surface area (Å²) in [6.07, 6.45) is 0.573. The van der Waals surface area contributed by atoms with E-state index in [0.717, 1.165) is 30.8 Å². The largest absolute Gasteiger partial charge is 0.373 e. The maximum atomic E-state index is 12.0. The SMILES string of the molecule is C=C(C)CN(C)C(=O)NCc1ccc(CN2C[C@@H](C)O[C@@H](C)C2)cc1. The summed E-state index contributed by atoms with van der Waals surface area (Å²) in [7, 11) is 1.78. The highest BCUT2D eigenvalue weighted by molar-refractivity contribution is 5.74. The highest BCUT2D eigenvalue weighted by Crippen LogP contribution is 2.14. The lowest BCUT2D eigenvalue weighted by Crippen LogP contribution is -2.44. The number of nitrogens with zero attached hydrogens (tertiary/aromatic N) is 2. The van der Waals surface area contributed by atoms with Crippen molar-refractivity contribution in [2.45, 2.75) is 46.1 Å². The van der Waals surface area contributed by atoms with Gasteiger partial charge in [0, 0.05) is 39.8 Å². The predicted octanol–water partition coefficient (Wildman–Crippen LogP) is 3.01. The molecule has 1 aliphatic rings. The minimum Gasteiger partial charge on any atom is -0.373 e. The summed E-state index contributed by atoms with van der Waals surface area (Å²) < 4.78 is 5.78. The molecule has 2 atom stereocenters. The number of carbonyl (C=O) groups is 1. The molecular weight excluding hydrogens is 314 g/mol. The first-order chi connectivity index (χ1) is 11.8. The van der Waals surface area contributed by atoms with Crippen molar-refractivity contribution < 1.29 is 9.53 Å². The number of carbonyl (C=O) groups excluding carboxylic acids is 1. The molecule has 5 heteroatoms. The van der Waals surface area contributed by atoms with Crippen molar-refractivity contribution >= 4 is 6.03 Å². The Balaban J connectivity index is 1.81. The average Bonchev–Trinajstić information content (AvgIpc) is 2.52. The molecule has 2 rings (SSSR count). The summed E-state index contributed by atoms with van der Waals surface area (Å²) in [6.45, 7) is 14.0. The van der Waals surface area contributed by atoms with Gasteiger partial charge in [0.2, 0.25) is 0 Å². The summed E-state index contributed by atoms with van der Waals surface area (Å²) in [5.74, 6) is 0. The van der Waals surface area contributed by atoms with Crippen LogP contribution in [-0.2, 0) is 17.8 Å². The van der Waals surface area contributed by atoms with Gasteiger partial charge in [0.05, 0.1) is 12.2 Å². The van der Waals surface area contributed by atoms with E-state index in [1.54, 1.807) is 11.9 Å². The molecule has 0 unspecified atom stereocenters. The zero-order valence-electron chi connectivity index (χ0n) is 15.9. The van der Waals surface area contributed by atoms with E-state index < -0.39 is 0 Å². The van der Waals surface area contributed by atoms with Crippen molar-refractivity contribution in [2.24, 2.45) is 0 Å². The topological polar surface area (TPSA) is 44.8 Å². The van der Waals surface area contributed by atoms with Crippen molar-refractivity contribution in [1.82, 2.24) is 15.1 Å². The fraction of sp³-hybridized carbons (Fsp3) is 0.550. The van der Waals surface area contributed by atoms with Crippen molar-refractivity contribution in [1.29, 1.82) is 0 Å². The van der Waals surface area contributed by atoms with E-state index in [-0.39, 0.29) is 18.2 Å². The number of hydrogen-bond donors (Lipinski definition) is 1. The molecule has 1 heterocycles. The Morgan fingerprint density at radius 2 is 1.80 bits per heavy atom. The summed E-state index contributed by atoms with van der Waals surface area (Å²) in [6, 6.07) is 8.38. The molecular formula is C20H31N3O2. The zero-order valence-corrected chi connectivity index (χ0v) is 15.9. The lowest BCUT2D eigenvalue weighted by molar-refractivity contribution is -0.0704. The van der Waals surface area contributed by atoms with Crippen LogP contribution in [0.5, 0.6) is 0 Å². The maximum absolute atomic E-state index is 12.0. The molecule has 1 N–H and O–H groups in total. The van der Waals surface area contributed by atoms with Crippen LogP contribution in [-0.4, -0.2) is 54.7 Å². The van der Waals surface area contributed by atoms with Gasteiger partial charge in [-0.2, -0.15) is 0 Å². The first-order valence-corrected chi connectivity index (χ1v) is 8.92. The molecule has 138 valence electrons. The molecule has 0 spiro atoms. The van der Waals surface area contributed by atoms with Crippen LogP contribution in [0.15, 0.2) is 36.4 Å². The number of likely N-dealkylation sites (N-methyl/N-ethyl adjacent to an activating group) is 1. The second-order valence-electron chi connectivity index (χ2n) is 7.24. The average molecular weight is 345 g/mol. The van der Waals surface area contributed by atoms with E-state index in [2.05, 4.69) is 54.9 Å². The van der Waals surface area contributed by atoms with Crippen molar-refractivity contribution in [3.8, 4) is 0 Å². The zero-order chi connectivity index (χ0) is 18.4. The van der Waals surface area contributed by atoms with Gasteiger partial charge in [0.1, 0.15) is 0 Å². The van der Waals surface area contributed by atoms with Gasteiger partial charge in [-0.3, -0.25) is 4.90 Å². The molecule has 0 aliphatic carbocycles. The van der Waals surface area contributed by atoms with Crippen molar-refractivity contribution in [3.63, 3.8) is 0 Å². The molecule has 0 radical (unpaired) electrons. The monoisotopic (exact) mass is 345 g/mol. The van der Waals surface area contributed by atoms with Gasteiger partial charge in [0.25, 0.3) is 0 Å². The minimum absolute atomic E-state index is 0.0802. The van der Waals surface area contributed by atoms with Crippen LogP contribution in [0.25, 0.3) is 0 Å². The molecule has 2 amide bonds. The van der Waals surface area contributed by atoms with E-state index in [1.807, 2.05) is 6.92 Å². The second-order valence-corrected chi connectivity index (χ2v) is 7.24. The Morgan fingerprint density at radius 3 is 2.36 bits per heavy atom. The number of morpholine rings is 1. The van der Waals surface area contributed by atoms with Gasteiger partial charge in [-0.25, -0.2) is 4.79 Å². The Labute approximate surface area is 151 Å². The highest BCUT2D eigenvalue weighted by Gasteiger charge is 2.21. The minimum atomic E-state index is -0.0802. The van der Waals surface area contributed by atoms with Gasteiger partial charge >= 0.3 is 6.03 Å². The Morgan fingerprint density at radius 1 is 1.24 bits per heavy atom. The number of urea groups is 1. The molecule has 0 bridgehead atoms. The third-order valence-electron chi connectivity index (χ3n) is 4.22. The predicted molar refractivity (Wildman–Crippen MR) is 101 cm³/mol. The Bertz CT molecular complexity index is 575. The molecule has 1 fully saturated rings. The molecule has 0 aromatic heterocycles. The van der Waals surface area contributed by atoms with Gasteiger partial charge in [-0.15, -0.1) is 0 Å². The third-order valence-corrected chi connectivity index (χ3v) is 4.22. The molecule has 1 aromatic carbocycles. The van der Waals surface area contributed by atoms with E-state index in [0.29, 0.717) is 13.1 Å². The van der Waals surface area contributed by atoms with Crippen LogP contribution in [0, 0.1) is 0 Å². The number of benzene rings is 1. The van der Waals surface area contributed by atoms with E-state index in [4.69, 9.17) is 4.74 Å². The van der Waals surface area contributed by atoms with Gasteiger partial charge in [-0.05, 0) is 31.9 Å². The standard InChI is InChI=1S/C20H31N3O2/c1-15(2)11-22(5)20(24)21-10-18-6-8-19(9-7-18)14-23-12-16(3)25-17(4)13-23/h6-9,16-17H,1,10-14H2,2-5H3,(H,21,24)/t16-,17+. The third kappa shape index (κ3) is 6.52. The van der Waals surface area contributed by atoms with Crippen molar-refractivity contribution in [2.75, 3.05) is 26.7 Å². The van der Waals surface area contributed by atoms with Gasteiger partial charge in [0.15, 0.2) is 0 Å². The molecule has 0 saturated carbocycles. The first kappa shape index (κ1) is 19.5. The number of ether oxygens (including phenoxy) is 1. The molecule has 1 aromatic rings. The summed E-state index contributed by atoms with van der Waals surface area (Å²) in [5.41, 5.74) is 3.36. The summed E-state index contributed by atoms with van der Waals surface area (Å²) in [4.78, 5) is 16.1. The van der Waals surface area contributed by atoms with Crippen LogP contribution in [0.4, 0.5) is 4.79 Å². The summed E-state index contributed by atoms with van der Waals surface area (Å²) >= 11 is 0. The van der Waals surface area contributed by atoms with E-state index in [9.17, 15) is 4.79 Å². The molecule has 5 nitrogen and oxygen atoms in total. The fourth-order valence-corrected chi connectivity index (χ4v) is 3.22. The van der Waals surface area contributed by atoms with Crippen LogP contribution < -0.4 is 5.32 Å². The quantitative estimate of drug-likeness (QED) is 0.806. The van der Waals surface area contributed by atoms with Crippen molar-refractivity contribution in [3.05, 3.63) is 47.5 Å². The van der Waals surface area contributed by atoms with Crippen LogP contribution in [0.1, 0.15) is 31.9 Å². The Hall–Kier alpha value is -1.85. The fourth-order valence-electron chi connectivity index (χ4n) is 3.22. The highest BCUT2D eigenvalue weighted by atomic mass is 16.5. The van der Waals surface area contributed by atoms with Crippen LogP contribution >= 0.6 is 0 Å². The van der Waals surface area contributed by atoms with Crippen LogP contribution in [0.3, 0.4) is 0 Å². The number of rotatable bonds is 6. The normalized spacial score (nSPS) is 21.0. The number of amides is 2.